The Hall–Kier alpha value is -1.37. The zero-order valence-corrected chi connectivity index (χ0v) is 12.8. The normalized spacial score (nSPS) is 13.2. The van der Waals surface area contributed by atoms with E-state index in [0.29, 0.717) is 4.90 Å². The van der Waals surface area contributed by atoms with Crippen molar-refractivity contribution in [3.05, 3.63) is 48.2 Å². The van der Waals surface area contributed by atoms with Gasteiger partial charge in [-0.05, 0) is 48.9 Å². The molecule has 1 aromatic carbocycles. The van der Waals surface area contributed by atoms with Crippen LogP contribution in [0.2, 0.25) is 0 Å². The molecule has 1 heterocycles. The van der Waals surface area contributed by atoms with Crippen LogP contribution in [0.15, 0.2) is 57.4 Å². The molecule has 106 valence electrons. The molecule has 1 N–H and O–H groups in total. The van der Waals surface area contributed by atoms with Gasteiger partial charge in [0, 0.05) is 17.3 Å². The largest absolute Gasteiger partial charge is 0.389 e. The highest BCUT2D eigenvalue weighted by atomic mass is 32.2. The predicted octanol–water partition coefficient (Wildman–Crippen LogP) is 2.69. The number of aliphatic hydroxyl groups is 1. The maximum Gasteiger partial charge on any atom is 0.175 e. The number of hydrogen-bond donors (Lipinski definition) is 1. The van der Waals surface area contributed by atoms with E-state index in [4.69, 9.17) is 0 Å². The lowest BCUT2D eigenvalue weighted by Crippen LogP contribution is -1.96. The summed E-state index contributed by atoms with van der Waals surface area (Å²) in [5.41, 5.74) is 0.801. The van der Waals surface area contributed by atoms with Crippen molar-refractivity contribution in [2.45, 2.75) is 27.8 Å². The summed E-state index contributed by atoms with van der Waals surface area (Å²) in [5.74, 6) is 0. The molecule has 0 saturated heterocycles. The van der Waals surface area contributed by atoms with E-state index in [9.17, 15) is 13.5 Å². The molecule has 1 atom stereocenters. The van der Waals surface area contributed by atoms with Crippen molar-refractivity contribution < 1.29 is 13.5 Å². The van der Waals surface area contributed by atoms with Crippen molar-refractivity contribution in [1.29, 1.82) is 0 Å². The molecule has 0 bridgehead atoms. The Kier molecular flexibility index (Phi) is 4.47. The Bertz CT molecular complexity index is 695. The first-order chi connectivity index (χ1) is 9.36. The molecule has 0 radical (unpaired) electrons. The first kappa shape index (κ1) is 15.0. The number of aromatic nitrogens is 1. The Morgan fingerprint density at radius 1 is 1.20 bits per heavy atom. The van der Waals surface area contributed by atoms with Gasteiger partial charge < -0.3 is 5.11 Å². The quantitative estimate of drug-likeness (QED) is 0.940. The number of sulfone groups is 1. The Morgan fingerprint density at radius 3 is 2.40 bits per heavy atom. The Balaban J connectivity index is 2.20. The molecular formula is C14H15NO3S2. The molecule has 0 spiro atoms. The van der Waals surface area contributed by atoms with Crippen LogP contribution in [-0.4, -0.2) is 24.8 Å². The number of benzene rings is 1. The topological polar surface area (TPSA) is 67.3 Å². The highest BCUT2D eigenvalue weighted by Crippen LogP contribution is 2.28. The van der Waals surface area contributed by atoms with Crippen molar-refractivity contribution in [2.24, 2.45) is 0 Å². The average Bonchev–Trinajstić information content (AvgIpc) is 2.38. The lowest BCUT2D eigenvalue weighted by atomic mass is 10.2. The summed E-state index contributed by atoms with van der Waals surface area (Å²) in [5, 5.41) is 10.3. The van der Waals surface area contributed by atoms with Gasteiger partial charge in [-0.3, -0.25) is 0 Å². The van der Waals surface area contributed by atoms with E-state index in [-0.39, 0.29) is 0 Å². The fraction of sp³-hybridized carbons (Fsp3) is 0.214. The second-order valence-electron chi connectivity index (χ2n) is 4.45. The lowest BCUT2D eigenvalue weighted by Gasteiger charge is -2.07. The van der Waals surface area contributed by atoms with Crippen molar-refractivity contribution in [3.63, 3.8) is 0 Å². The van der Waals surface area contributed by atoms with Gasteiger partial charge in [-0.2, -0.15) is 0 Å². The van der Waals surface area contributed by atoms with Gasteiger partial charge in [0.25, 0.3) is 0 Å². The molecule has 2 aromatic rings. The van der Waals surface area contributed by atoms with Gasteiger partial charge in [0.05, 0.1) is 11.0 Å². The fourth-order valence-electron chi connectivity index (χ4n) is 1.62. The number of rotatable bonds is 4. The third kappa shape index (κ3) is 3.82. The van der Waals surface area contributed by atoms with Crippen molar-refractivity contribution in [2.75, 3.05) is 6.26 Å². The van der Waals surface area contributed by atoms with E-state index in [0.717, 1.165) is 15.5 Å². The summed E-state index contributed by atoms with van der Waals surface area (Å²) >= 11 is 1.42. The van der Waals surface area contributed by atoms with Crippen LogP contribution < -0.4 is 0 Å². The second-order valence-corrected chi connectivity index (χ2v) is 7.56. The lowest BCUT2D eigenvalue weighted by molar-refractivity contribution is 0.199. The van der Waals surface area contributed by atoms with E-state index < -0.39 is 15.9 Å². The fourth-order valence-corrected chi connectivity index (χ4v) is 3.07. The maximum absolute atomic E-state index is 11.4. The van der Waals surface area contributed by atoms with E-state index >= 15 is 0 Å². The van der Waals surface area contributed by atoms with E-state index in [1.165, 1.54) is 18.0 Å². The summed E-state index contributed by atoms with van der Waals surface area (Å²) in [7, 11) is -3.17. The Morgan fingerprint density at radius 2 is 1.85 bits per heavy atom. The van der Waals surface area contributed by atoms with E-state index in [1.807, 2.05) is 6.07 Å². The minimum atomic E-state index is -3.17. The standard InChI is InChI=1S/C14H15NO3S2/c1-10(16)11-7-8-15-14(9-11)19-12-3-5-13(6-4-12)20(2,17)18/h3-10,16H,1-2H3. The molecule has 2 rings (SSSR count). The molecule has 0 amide bonds. The summed E-state index contributed by atoms with van der Waals surface area (Å²) in [6, 6.07) is 10.2. The van der Waals surface area contributed by atoms with Crippen LogP contribution in [0.25, 0.3) is 0 Å². The van der Waals surface area contributed by atoms with Gasteiger partial charge in [-0.25, -0.2) is 13.4 Å². The first-order valence-corrected chi connectivity index (χ1v) is 8.69. The molecule has 4 nitrogen and oxygen atoms in total. The number of nitrogens with zero attached hydrogens (tertiary/aromatic N) is 1. The smallest absolute Gasteiger partial charge is 0.175 e. The molecular weight excluding hydrogens is 294 g/mol. The van der Waals surface area contributed by atoms with Crippen LogP contribution >= 0.6 is 11.8 Å². The average molecular weight is 309 g/mol. The molecule has 0 aliphatic rings. The number of aliphatic hydroxyl groups excluding tert-OH is 1. The first-order valence-electron chi connectivity index (χ1n) is 5.98. The van der Waals surface area contributed by atoms with Gasteiger partial charge in [0.1, 0.15) is 5.03 Å². The molecule has 1 unspecified atom stereocenters. The van der Waals surface area contributed by atoms with Crippen LogP contribution in [0.4, 0.5) is 0 Å². The molecule has 20 heavy (non-hydrogen) atoms. The van der Waals surface area contributed by atoms with Gasteiger partial charge in [0.15, 0.2) is 9.84 Å². The van der Waals surface area contributed by atoms with Gasteiger partial charge in [-0.1, -0.05) is 11.8 Å². The summed E-state index contributed by atoms with van der Waals surface area (Å²) in [6.45, 7) is 1.70. The third-order valence-electron chi connectivity index (χ3n) is 2.72. The minimum absolute atomic E-state index is 0.299. The number of hydrogen-bond acceptors (Lipinski definition) is 5. The molecule has 0 aliphatic heterocycles. The molecule has 0 aliphatic carbocycles. The highest BCUT2D eigenvalue weighted by Gasteiger charge is 2.08. The Labute approximate surface area is 122 Å². The minimum Gasteiger partial charge on any atom is -0.389 e. The van der Waals surface area contributed by atoms with Crippen molar-refractivity contribution in [3.8, 4) is 0 Å². The molecule has 0 fully saturated rings. The summed E-state index contributed by atoms with van der Waals surface area (Å²) < 4.78 is 22.8. The molecule has 6 heteroatoms. The van der Waals surface area contributed by atoms with Crippen LogP contribution in [0.1, 0.15) is 18.6 Å². The zero-order chi connectivity index (χ0) is 14.8. The van der Waals surface area contributed by atoms with Crippen LogP contribution in [0.5, 0.6) is 0 Å². The van der Waals surface area contributed by atoms with Crippen molar-refractivity contribution >= 4 is 21.6 Å². The SMILES string of the molecule is CC(O)c1ccnc(Sc2ccc(S(C)(=O)=O)cc2)c1. The molecule has 0 saturated carbocycles. The molecule has 1 aromatic heterocycles. The monoisotopic (exact) mass is 309 g/mol. The third-order valence-corrected chi connectivity index (χ3v) is 4.78. The highest BCUT2D eigenvalue weighted by molar-refractivity contribution is 7.99. The van der Waals surface area contributed by atoms with E-state index in [1.54, 1.807) is 43.5 Å². The van der Waals surface area contributed by atoms with Crippen molar-refractivity contribution in [1.82, 2.24) is 4.98 Å². The summed E-state index contributed by atoms with van der Waals surface area (Å²) in [6.07, 6.45) is 2.29. The summed E-state index contributed by atoms with van der Waals surface area (Å²) in [4.78, 5) is 5.42. The second kappa shape index (κ2) is 5.95. The van der Waals surface area contributed by atoms with Crippen LogP contribution in [-0.2, 0) is 9.84 Å². The van der Waals surface area contributed by atoms with Crippen LogP contribution in [0.3, 0.4) is 0 Å². The van der Waals surface area contributed by atoms with Crippen LogP contribution in [0, 0.1) is 0 Å². The van der Waals surface area contributed by atoms with E-state index in [2.05, 4.69) is 4.98 Å². The van der Waals surface area contributed by atoms with Gasteiger partial charge >= 0.3 is 0 Å². The maximum atomic E-state index is 11.4. The van der Waals surface area contributed by atoms with Gasteiger partial charge in [-0.15, -0.1) is 0 Å². The number of pyridine rings is 1. The predicted molar refractivity (Wildman–Crippen MR) is 78.5 cm³/mol. The van der Waals surface area contributed by atoms with Gasteiger partial charge in [0.2, 0.25) is 0 Å². The zero-order valence-electron chi connectivity index (χ0n) is 11.1.